The molecule has 0 aliphatic heterocycles. The van der Waals surface area contributed by atoms with E-state index in [1.807, 2.05) is 36.4 Å². The first-order valence-corrected chi connectivity index (χ1v) is 11.6. The topological polar surface area (TPSA) is 124 Å². The van der Waals surface area contributed by atoms with Crippen molar-refractivity contribution in [2.45, 2.75) is 44.2 Å². The van der Waals surface area contributed by atoms with E-state index < -0.39 is 6.09 Å². The van der Waals surface area contributed by atoms with E-state index in [1.54, 1.807) is 24.7 Å². The van der Waals surface area contributed by atoms with Crippen molar-refractivity contribution in [1.29, 1.82) is 0 Å². The molecule has 5 rings (SSSR count). The Kier molecular flexibility index (Phi) is 6.24. The van der Waals surface area contributed by atoms with Crippen LogP contribution in [0.15, 0.2) is 73.2 Å². The molecular formula is C26H26N6O4. The maximum atomic E-state index is 10.7. The molecule has 0 atom stereocenters. The summed E-state index contributed by atoms with van der Waals surface area (Å²) in [5, 5.41) is 27.4. The van der Waals surface area contributed by atoms with Crippen LogP contribution in [-0.2, 0) is 5.41 Å². The van der Waals surface area contributed by atoms with E-state index in [4.69, 9.17) is 14.6 Å². The molecule has 0 radical (unpaired) electrons. The van der Waals surface area contributed by atoms with Crippen LogP contribution in [0.1, 0.15) is 37.8 Å². The van der Waals surface area contributed by atoms with Gasteiger partial charge >= 0.3 is 6.09 Å². The van der Waals surface area contributed by atoms with Gasteiger partial charge in [-0.15, -0.1) is 9.90 Å². The Morgan fingerprint density at radius 1 is 0.972 bits per heavy atom. The molecule has 4 aromatic rings. The van der Waals surface area contributed by atoms with Gasteiger partial charge in [0.25, 0.3) is 0 Å². The second kappa shape index (κ2) is 9.65. The van der Waals surface area contributed by atoms with Gasteiger partial charge in [0.05, 0.1) is 18.6 Å². The lowest BCUT2D eigenvalue weighted by Crippen LogP contribution is -2.48. The Labute approximate surface area is 207 Å². The first-order chi connectivity index (χ1) is 17.4. The Hall–Kier alpha value is -4.47. The molecule has 2 N–H and O–H groups in total. The van der Waals surface area contributed by atoms with E-state index in [9.17, 15) is 4.79 Å². The quantitative estimate of drug-likeness (QED) is 0.377. The van der Waals surface area contributed by atoms with E-state index in [0.717, 1.165) is 16.9 Å². The fourth-order valence-corrected chi connectivity index (χ4v) is 4.17. The van der Waals surface area contributed by atoms with Crippen molar-refractivity contribution in [3.05, 3.63) is 84.3 Å². The number of carbonyl (C=O) groups is 1. The number of benzene rings is 2. The molecule has 2 heterocycles. The molecule has 1 aliphatic carbocycles. The molecule has 1 aliphatic rings. The molecule has 184 valence electrons. The highest BCUT2D eigenvalue weighted by molar-refractivity contribution is 5.65. The van der Waals surface area contributed by atoms with Gasteiger partial charge in [0.1, 0.15) is 17.6 Å². The third kappa shape index (κ3) is 5.12. The van der Waals surface area contributed by atoms with Gasteiger partial charge in [-0.2, -0.15) is 15.3 Å². The van der Waals surface area contributed by atoms with E-state index >= 15 is 0 Å². The van der Waals surface area contributed by atoms with E-state index in [2.05, 4.69) is 51.7 Å². The van der Waals surface area contributed by atoms with Crippen molar-refractivity contribution < 1.29 is 19.4 Å². The maximum absolute atomic E-state index is 10.7. The van der Waals surface area contributed by atoms with Crippen LogP contribution < -0.4 is 14.8 Å². The summed E-state index contributed by atoms with van der Waals surface area (Å²) in [6, 6.07) is 17.7. The fourth-order valence-electron chi connectivity index (χ4n) is 4.17. The van der Waals surface area contributed by atoms with E-state index in [-0.39, 0.29) is 17.6 Å². The number of rotatable bonds is 8. The van der Waals surface area contributed by atoms with Crippen LogP contribution in [0, 0.1) is 0 Å². The molecule has 0 spiro atoms. The van der Waals surface area contributed by atoms with Gasteiger partial charge in [-0.3, -0.25) is 0 Å². The van der Waals surface area contributed by atoms with Crippen molar-refractivity contribution in [1.82, 2.24) is 30.5 Å². The van der Waals surface area contributed by atoms with Gasteiger partial charge < -0.3 is 19.9 Å². The fraction of sp³-hybridized carbons (Fsp3) is 0.269. The average Bonchev–Trinajstić information content (AvgIpc) is 3.39. The Morgan fingerprint density at radius 2 is 1.58 bits per heavy atom. The molecule has 2 aromatic carbocycles. The molecule has 0 unspecified atom stereocenters. The number of aromatic nitrogens is 5. The molecule has 1 amide bonds. The molecule has 10 heteroatoms. The predicted octanol–water partition coefficient (Wildman–Crippen LogP) is 4.35. The zero-order valence-electron chi connectivity index (χ0n) is 19.9. The van der Waals surface area contributed by atoms with Crippen LogP contribution in [0.5, 0.6) is 17.2 Å². The largest absolute Gasteiger partial charge is 0.490 e. The highest BCUT2D eigenvalue weighted by Crippen LogP contribution is 2.35. The third-order valence-corrected chi connectivity index (χ3v) is 6.35. The number of hydrogen-bond acceptors (Lipinski definition) is 7. The second-order valence-corrected chi connectivity index (χ2v) is 9.20. The number of hydrogen-bond donors (Lipinski definition) is 2. The lowest BCUT2D eigenvalue weighted by Gasteiger charge is -2.35. The smallest absolute Gasteiger partial charge is 0.404 e. The van der Waals surface area contributed by atoms with Gasteiger partial charge in [-0.05, 0) is 35.4 Å². The van der Waals surface area contributed by atoms with Gasteiger partial charge in [0.2, 0.25) is 0 Å². The van der Waals surface area contributed by atoms with Crippen LogP contribution in [0.25, 0.3) is 5.82 Å². The number of nitrogens with one attached hydrogen (secondary N) is 1. The van der Waals surface area contributed by atoms with Crippen LogP contribution in [0.2, 0.25) is 0 Å². The normalized spacial score (nSPS) is 17.2. The molecule has 1 saturated carbocycles. The van der Waals surface area contributed by atoms with Crippen LogP contribution in [0.3, 0.4) is 0 Å². The molecule has 0 bridgehead atoms. The third-order valence-electron chi connectivity index (χ3n) is 6.35. The Morgan fingerprint density at radius 3 is 2.19 bits per heavy atom. The summed E-state index contributed by atoms with van der Waals surface area (Å²) < 4.78 is 11.9. The van der Waals surface area contributed by atoms with Gasteiger partial charge in [0.15, 0.2) is 11.6 Å². The van der Waals surface area contributed by atoms with Gasteiger partial charge in [0, 0.05) is 30.4 Å². The molecule has 0 saturated heterocycles. The summed E-state index contributed by atoms with van der Waals surface area (Å²) in [6.45, 7) is 4.34. The molecule has 10 nitrogen and oxygen atoms in total. The highest BCUT2D eigenvalue weighted by Gasteiger charge is 2.32. The maximum Gasteiger partial charge on any atom is 0.404 e. The molecular weight excluding hydrogens is 460 g/mol. The van der Waals surface area contributed by atoms with Crippen molar-refractivity contribution in [3.8, 4) is 23.1 Å². The highest BCUT2D eigenvalue weighted by atomic mass is 16.5. The monoisotopic (exact) mass is 486 g/mol. The average molecular weight is 487 g/mol. The van der Waals surface area contributed by atoms with Gasteiger partial charge in [-0.25, -0.2) is 4.79 Å². The molecule has 36 heavy (non-hydrogen) atoms. The predicted molar refractivity (Wildman–Crippen MR) is 131 cm³/mol. The summed E-state index contributed by atoms with van der Waals surface area (Å²) in [4.78, 5) is 12.1. The van der Waals surface area contributed by atoms with Crippen LogP contribution in [0.4, 0.5) is 4.79 Å². The number of amides is 1. The number of carboxylic acid groups (broad SMARTS) is 1. The minimum absolute atomic E-state index is 0.0251. The molecule has 1 fully saturated rings. The first-order valence-electron chi connectivity index (χ1n) is 11.6. The minimum Gasteiger partial charge on any atom is -0.490 e. The Balaban J connectivity index is 1.21. The SMILES string of the molecule is CC(C)(c1ccc(Oc2cnnc(-n3nccn3)c2)cc1)c1ccc(O[C@H]2C[C@H](NC(=O)O)C2)cc1. The second-order valence-electron chi connectivity index (χ2n) is 9.20. The molecule has 2 aromatic heterocycles. The summed E-state index contributed by atoms with van der Waals surface area (Å²) in [5.41, 5.74) is 2.05. The zero-order chi connectivity index (χ0) is 25.1. The number of ether oxygens (including phenoxy) is 2. The van der Waals surface area contributed by atoms with Crippen LogP contribution >= 0.6 is 0 Å². The van der Waals surface area contributed by atoms with E-state index in [1.165, 1.54) is 4.80 Å². The Bertz CT molecular complexity index is 1320. The van der Waals surface area contributed by atoms with Crippen molar-refractivity contribution >= 4 is 6.09 Å². The lowest BCUT2D eigenvalue weighted by molar-refractivity contribution is 0.0833. The van der Waals surface area contributed by atoms with Gasteiger partial charge in [-0.1, -0.05) is 38.1 Å². The van der Waals surface area contributed by atoms with Crippen molar-refractivity contribution in [2.75, 3.05) is 0 Å². The zero-order valence-corrected chi connectivity index (χ0v) is 19.9. The van der Waals surface area contributed by atoms with E-state index in [0.29, 0.717) is 30.2 Å². The van der Waals surface area contributed by atoms with Crippen LogP contribution in [-0.4, -0.2) is 48.5 Å². The lowest BCUT2D eigenvalue weighted by atomic mass is 9.78. The number of nitrogens with zero attached hydrogens (tertiary/aromatic N) is 5. The standard InChI is InChI=1S/C26H26N6O4/c1-26(2,17-3-7-20(8-4-17)35-22-13-19(14-22)30-25(33)34)18-5-9-21(10-6-18)36-23-15-24(31-27-16-23)32-28-11-12-29-32/h3-12,15-16,19,22,30H,13-14H2,1-2H3,(H,33,34)/t19-,22-. The summed E-state index contributed by atoms with van der Waals surface area (Å²) in [7, 11) is 0. The first kappa shape index (κ1) is 23.3. The summed E-state index contributed by atoms with van der Waals surface area (Å²) in [5.74, 6) is 2.47. The minimum atomic E-state index is -0.990. The van der Waals surface area contributed by atoms with Crippen molar-refractivity contribution in [2.24, 2.45) is 0 Å². The summed E-state index contributed by atoms with van der Waals surface area (Å²) >= 11 is 0. The van der Waals surface area contributed by atoms with Crippen molar-refractivity contribution in [3.63, 3.8) is 0 Å². The summed E-state index contributed by atoms with van der Waals surface area (Å²) in [6.07, 6.45) is 5.10.